The number of aryl methyl sites for hydroxylation is 2. The number of primary amides is 1. The highest BCUT2D eigenvalue weighted by molar-refractivity contribution is 6.76. The van der Waals surface area contributed by atoms with E-state index < -0.39 is 25.8 Å². The molecule has 0 spiro atoms. The molecule has 0 atom stereocenters. The van der Waals surface area contributed by atoms with E-state index in [0.717, 1.165) is 66.2 Å². The first-order valence-electron chi connectivity index (χ1n) is 15.7. The van der Waals surface area contributed by atoms with Crippen LogP contribution in [0.3, 0.4) is 0 Å². The van der Waals surface area contributed by atoms with Crippen LogP contribution in [0.5, 0.6) is 0 Å². The maximum absolute atomic E-state index is 15.5. The molecule has 1 aliphatic heterocycles. The Morgan fingerprint density at radius 2 is 1.84 bits per heavy atom. The monoisotopic (exact) mass is 633 g/mol. The molecule has 4 amide bonds. The molecule has 45 heavy (non-hydrogen) atoms. The fraction of sp³-hybridized carbons (Fsp3) is 0.471. The molecule has 1 aromatic heterocycles. The van der Waals surface area contributed by atoms with Gasteiger partial charge in [0.05, 0.1) is 22.5 Å². The number of imide groups is 1. The van der Waals surface area contributed by atoms with Crippen molar-refractivity contribution in [2.24, 2.45) is 5.73 Å². The SMILES string of the molecule is Cc1nn(CCCCCCCC#Cc2cccc(N3CCC(=O)N(COCC[Si](C)(C)C)C3=O)c2F)c2cc(C(N)=O)ccc12. The number of carbonyl (C=O) groups is 3. The quantitative estimate of drug-likeness (QED) is 0.125. The zero-order valence-electron chi connectivity index (χ0n) is 26.8. The highest BCUT2D eigenvalue weighted by Crippen LogP contribution is 2.26. The average Bonchev–Trinajstić information content (AvgIpc) is 3.30. The number of hydrogen-bond donors (Lipinski definition) is 1. The number of urea groups is 1. The van der Waals surface area contributed by atoms with Crippen molar-refractivity contribution in [2.45, 2.75) is 84.1 Å². The van der Waals surface area contributed by atoms with Gasteiger partial charge in [-0.25, -0.2) is 14.1 Å². The van der Waals surface area contributed by atoms with Gasteiger partial charge in [-0.15, -0.1) is 0 Å². The minimum Gasteiger partial charge on any atom is -0.366 e. The molecule has 2 aromatic carbocycles. The first-order valence-corrected chi connectivity index (χ1v) is 19.4. The van der Waals surface area contributed by atoms with Gasteiger partial charge in [0.1, 0.15) is 6.73 Å². The lowest BCUT2D eigenvalue weighted by atomic mass is 10.1. The molecular formula is C34H44FN5O4Si. The van der Waals surface area contributed by atoms with Gasteiger partial charge in [-0.05, 0) is 50.1 Å². The van der Waals surface area contributed by atoms with Crippen molar-refractivity contribution in [1.82, 2.24) is 14.7 Å². The number of rotatable bonds is 14. The second-order valence-electron chi connectivity index (χ2n) is 12.7. The molecule has 3 aromatic rings. The number of benzene rings is 2. The fourth-order valence-electron chi connectivity index (χ4n) is 5.23. The number of halogens is 1. The highest BCUT2D eigenvalue weighted by atomic mass is 28.3. The largest absolute Gasteiger partial charge is 0.366 e. The summed E-state index contributed by atoms with van der Waals surface area (Å²) in [6.45, 7) is 9.88. The second-order valence-corrected chi connectivity index (χ2v) is 18.3. The molecule has 11 heteroatoms. The van der Waals surface area contributed by atoms with Gasteiger partial charge < -0.3 is 10.5 Å². The van der Waals surface area contributed by atoms with Crippen LogP contribution in [0.25, 0.3) is 10.9 Å². The molecule has 0 bridgehead atoms. The molecule has 9 nitrogen and oxygen atoms in total. The number of unbranched alkanes of at least 4 members (excludes halogenated alkanes) is 5. The first kappa shape index (κ1) is 33.9. The fourth-order valence-corrected chi connectivity index (χ4v) is 5.98. The normalized spacial score (nSPS) is 13.8. The summed E-state index contributed by atoms with van der Waals surface area (Å²) in [5.74, 6) is 4.68. The van der Waals surface area contributed by atoms with Crippen molar-refractivity contribution >= 4 is 42.5 Å². The summed E-state index contributed by atoms with van der Waals surface area (Å²) in [7, 11) is -1.31. The van der Waals surface area contributed by atoms with Crippen molar-refractivity contribution in [2.75, 3.05) is 24.8 Å². The number of ether oxygens (including phenoxy) is 1. The molecule has 0 aliphatic carbocycles. The molecule has 4 rings (SSSR count). The average molecular weight is 634 g/mol. The lowest BCUT2D eigenvalue weighted by Crippen LogP contribution is -2.53. The van der Waals surface area contributed by atoms with Gasteiger partial charge in [0.2, 0.25) is 11.8 Å². The van der Waals surface area contributed by atoms with E-state index in [-0.39, 0.29) is 36.9 Å². The molecule has 1 aliphatic rings. The van der Waals surface area contributed by atoms with Gasteiger partial charge >= 0.3 is 6.03 Å². The summed E-state index contributed by atoms with van der Waals surface area (Å²) in [6, 6.07) is 10.6. The number of hydrogen-bond acceptors (Lipinski definition) is 5. The van der Waals surface area contributed by atoms with Crippen LogP contribution in [-0.2, 0) is 16.1 Å². The van der Waals surface area contributed by atoms with Crippen molar-refractivity contribution in [3.05, 3.63) is 59.0 Å². The topological polar surface area (TPSA) is 111 Å². The van der Waals surface area contributed by atoms with Crippen LogP contribution >= 0.6 is 0 Å². The van der Waals surface area contributed by atoms with Gasteiger partial charge in [0.15, 0.2) is 5.82 Å². The predicted octanol–water partition coefficient (Wildman–Crippen LogP) is 6.45. The minimum atomic E-state index is -1.31. The Labute approximate surface area is 265 Å². The third-order valence-corrected chi connectivity index (χ3v) is 9.62. The zero-order valence-corrected chi connectivity index (χ0v) is 27.8. The lowest BCUT2D eigenvalue weighted by molar-refractivity contribution is -0.133. The summed E-state index contributed by atoms with van der Waals surface area (Å²) >= 11 is 0. The summed E-state index contributed by atoms with van der Waals surface area (Å²) < 4.78 is 23.0. The molecule has 0 saturated carbocycles. The van der Waals surface area contributed by atoms with E-state index in [9.17, 15) is 14.4 Å². The molecule has 1 saturated heterocycles. The van der Waals surface area contributed by atoms with Gasteiger partial charge in [0.25, 0.3) is 0 Å². The maximum atomic E-state index is 15.5. The van der Waals surface area contributed by atoms with Crippen molar-refractivity contribution in [3.63, 3.8) is 0 Å². The second kappa shape index (κ2) is 15.3. The van der Waals surface area contributed by atoms with Crippen molar-refractivity contribution in [1.29, 1.82) is 0 Å². The number of fused-ring (bicyclic) bond motifs is 1. The number of anilines is 1. The van der Waals surface area contributed by atoms with Crippen LogP contribution in [0.2, 0.25) is 25.7 Å². The summed E-state index contributed by atoms with van der Waals surface area (Å²) in [4.78, 5) is 39.5. The van der Waals surface area contributed by atoms with E-state index in [1.165, 1.54) is 4.90 Å². The smallest absolute Gasteiger partial charge is 0.333 e. The maximum Gasteiger partial charge on any atom is 0.333 e. The van der Waals surface area contributed by atoms with Crippen LogP contribution in [0.1, 0.15) is 66.6 Å². The van der Waals surface area contributed by atoms with E-state index in [0.29, 0.717) is 18.6 Å². The molecule has 0 unspecified atom stereocenters. The number of nitrogens with zero attached hydrogens (tertiary/aromatic N) is 4. The van der Waals surface area contributed by atoms with Gasteiger partial charge in [-0.3, -0.25) is 19.2 Å². The van der Waals surface area contributed by atoms with E-state index in [4.69, 9.17) is 10.5 Å². The van der Waals surface area contributed by atoms with E-state index in [1.807, 2.05) is 17.7 Å². The van der Waals surface area contributed by atoms with E-state index in [1.54, 1.807) is 30.3 Å². The first-order chi connectivity index (χ1) is 21.5. The standard InChI is InChI=1S/C34H44FN5O4Si/c1-25-28-17-16-27(33(36)42)23-30(28)40(37-25)19-11-9-7-5-6-8-10-13-26-14-12-15-29(32(26)35)38-20-18-31(41)39(34(38)43)24-44-21-22-45(2,3)4/h12,14-17,23H,5-9,11,18-22,24H2,1-4H3,(H2,36,42). The molecule has 0 radical (unpaired) electrons. The Morgan fingerprint density at radius 1 is 1.09 bits per heavy atom. The Hall–Kier alpha value is -4.01. The van der Waals surface area contributed by atoms with Crippen LogP contribution in [-0.4, -0.2) is 60.5 Å². The van der Waals surface area contributed by atoms with Gasteiger partial charge in [-0.1, -0.05) is 62.9 Å². The molecule has 2 heterocycles. The minimum absolute atomic E-state index is 0.104. The third-order valence-electron chi connectivity index (χ3n) is 7.91. The van der Waals surface area contributed by atoms with E-state index >= 15 is 4.39 Å². The number of carbonyl (C=O) groups excluding carboxylic acids is 3. The Morgan fingerprint density at radius 3 is 2.60 bits per heavy atom. The third kappa shape index (κ3) is 9.02. The Balaban J connectivity index is 1.23. The number of nitrogens with two attached hydrogens (primary N) is 1. The summed E-state index contributed by atoms with van der Waals surface area (Å²) in [5.41, 5.74) is 8.13. The number of amides is 4. The van der Waals surface area contributed by atoms with Crippen LogP contribution < -0.4 is 10.6 Å². The van der Waals surface area contributed by atoms with Crippen LogP contribution in [0.4, 0.5) is 14.9 Å². The molecule has 1 fully saturated rings. The Bertz CT molecular complexity index is 1600. The number of aromatic nitrogens is 2. The lowest BCUT2D eigenvalue weighted by Gasteiger charge is -2.34. The van der Waals surface area contributed by atoms with Gasteiger partial charge in [0, 0.05) is 51.6 Å². The van der Waals surface area contributed by atoms with E-state index in [2.05, 4.69) is 36.6 Å². The molecule has 240 valence electrons. The predicted molar refractivity (Wildman–Crippen MR) is 177 cm³/mol. The molecule has 2 N–H and O–H groups in total. The highest BCUT2D eigenvalue weighted by Gasteiger charge is 2.34. The van der Waals surface area contributed by atoms with Crippen molar-refractivity contribution < 1.29 is 23.5 Å². The Kier molecular flexibility index (Phi) is 11.5. The summed E-state index contributed by atoms with van der Waals surface area (Å²) in [6.07, 6.45) is 5.70. The summed E-state index contributed by atoms with van der Waals surface area (Å²) in [5, 5.41) is 5.65. The van der Waals surface area contributed by atoms with Crippen LogP contribution in [0.15, 0.2) is 36.4 Å². The zero-order chi connectivity index (χ0) is 32.6. The van der Waals surface area contributed by atoms with Crippen molar-refractivity contribution in [3.8, 4) is 11.8 Å². The molecular weight excluding hydrogens is 589 g/mol. The van der Waals surface area contributed by atoms with Gasteiger partial charge in [-0.2, -0.15) is 5.10 Å². The van der Waals surface area contributed by atoms with Crippen LogP contribution in [0, 0.1) is 24.6 Å².